The third-order valence-corrected chi connectivity index (χ3v) is 3.78. The molecule has 0 radical (unpaired) electrons. The monoisotopic (exact) mass is 309 g/mol. The van der Waals surface area contributed by atoms with Gasteiger partial charge in [-0.1, -0.05) is 35.9 Å². The van der Waals surface area contributed by atoms with E-state index < -0.39 is 0 Å². The van der Waals surface area contributed by atoms with Gasteiger partial charge >= 0.3 is 0 Å². The van der Waals surface area contributed by atoms with Gasteiger partial charge in [-0.05, 0) is 29.8 Å². The average molecular weight is 310 g/mol. The van der Waals surface area contributed by atoms with E-state index in [2.05, 4.69) is 5.32 Å². The first-order valence-electron chi connectivity index (χ1n) is 6.02. The van der Waals surface area contributed by atoms with Gasteiger partial charge in [0, 0.05) is 16.5 Å². The van der Waals surface area contributed by atoms with Crippen molar-refractivity contribution in [1.82, 2.24) is 0 Å². The maximum Gasteiger partial charge on any atom is 0.234 e. The summed E-state index contributed by atoms with van der Waals surface area (Å²) in [5.74, 6) is 0.270. The molecule has 0 aliphatic rings. The lowest BCUT2D eigenvalue weighted by molar-refractivity contribution is -0.113. The number of anilines is 1. The van der Waals surface area contributed by atoms with Gasteiger partial charge in [0.15, 0.2) is 0 Å². The van der Waals surface area contributed by atoms with E-state index in [4.69, 9.17) is 11.6 Å². The Balaban J connectivity index is 1.79. The zero-order valence-corrected chi connectivity index (χ0v) is 12.2. The number of rotatable bonds is 5. The number of nitrogens with one attached hydrogen (secondary N) is 1. The Kier molecular flexibility index (Phi) is 5.44. The highest BCUT2D eigenvalue weighted by atomic mass is 35.5. The van der Waals surface area contributed by atoms with E-state index in [9.17, 15) is 9.18 Å². The van der Waals surface area contributed by atoms with Crippen molar-refractivity contribution in [2.45, 2.75) is 5.75 Å². The highest BCUT2D eigenvalue weighted by molar-refractivity contribution is 7.99. The SMILES string of the molecule is O=C(CSCc1ccc(Cl)cc1F)Nc1ccccc1. The van der Waals surface area contributed by atoms with Crippen LogP contribution in [0, 0.1) is 5.82 Å². The molecule has 0 atom stereocenters. The summed E-state index contributed by atoms with van der Waals surface area (Å²) in [7, 11) is 0. The van der Waals surface area contributed by atoms with Crippen LogP contribution in [0.3, 0.4) is 0 Å². The summed E-state index contributed by atoms with van der Waals surface area (Å²) in [5, 5.41) is 3.15. The van der Waals surface area contributed by atoms with E-state index in [1.165, 1.54) is 17.8 Å². The Labute approximate surface area is 126 Å². The molecule has 104 valence electrons. The quantitative estimate of drug-likeness (QED) is 0.889. The van der Waals surface area contributed by atoms with E-state index in [0.717, 1.165) is 5.69 Å². The van der Waals surface area contributed by atoms with E-state index >= 15 is 0 Å². The van der Waals surface area contributed by atoms with E-state index in [0.29, 0.717) is 16.3 Å². The summed E-state index contributed by atoms with van der Waals surface area (Å²) in [5.41, 5.74) is 1.31. The van der Waals surface area contributed by atoms with Crippen LogP contribution in [-0.4, -0.2) is 11.7 Å². The Morgan fingerprint density at radius 1 is 1.20 bits per heavy atom. The van der Waals surface area contributed by atoms with Gasteiger partial charge in [-0.3, -0.25) is 4.79 Å². The summed E-state index contributed by atoms with van der Waals surface area (Å²) < 4.78 is 13.5. The van der Waals surface area contributed by atoms with E-state index in [-0.39, 0.29) is 17.5 Å². The number of para-hydroxylation sites is 1. The van der Waals surface area contributed by atoms with Crippen molar-refractivity contribution in [3.8, 4) is 0 Å². The Morgan fingerprint density at radius 3 is 2.65 bits per heavy atom. The molecule has 1 amide bonds. The normalized spacial score (nSPS) is 10.3. The summed E-state index contributed by atoms with van der Waals surface area (Å²) >= 11 is 7.04. The zero-order chi connectivity index (χ0) is 14.4. The van der Waals surface area contributed by atoms with Crippen LogP contribution in [0.15, 0.2) is 48.5 Å². The molecular formula is C15H13ClFNOS. The van der Waals surface area contributed by atoms with Gasteiger partial charge in [0.2, 0.25) is 5.91 Å². The van der Waals surface area contributed by atoms with Crippen LogP contribution in [0.2, 0.25) is 5.02 Å². The number of carbonyl (C=O) groups excluding carboxylic acids is 1. The van der Waals surface area contributed by atoms with Crippen LogP contribution < -0.4 is 5.32 Å². The molecule has 0 saturated carbocycles. The van der Waals surface area contributed by atoms with Crippen molar-refractivity contribution in [2.75, 3.05) is 11.1 Å². The van der Waals surface area contributed by atoms with Gasteiger partial charge in [-0.25, -0.2) is 4.39 Å². The number of hydrogen-bond donors (Lipinski definition) is 1. The maximum absolute atomic E-state index is 13.5. The standard InChI is InChI=1S/C15H13ClFNOS/c16-12-7-6-11(14(17)8-12)9-20-10-15(19)18-13-4-2-1-3-5-13/h1-8H,9-10H2,(H,18,19). The maximum atomic E-state index is 13.5. The number of hydrogen-bond acceptors (Lipinski definition) is 2. The van der Waals surface area contributed by atoms with Crippen molar-refractivity contribution >= 4 is 35.0 Å². The molecule has 1 N–H and O–H groups in total. The third-order valence-electron chi connectivity index (χ3n) is 2.56. The molecule has 0 bridgehead atoms. The molecule has 20 heavy (non-hydrogen) atoms. The second-order valence-electron chi connectivity index (χ2n) is 4.14. The van der Waals surface area contributed by atoms with Gasteiger partial charge < -0.3 is 5.32 Å². The van der Waals surface area contributed by atoms with Crippen molar-refractivity contribution in [3.63, 3.8) is 0 Å². The molecule has 0 saturated heterocycles. The topological polar surface area (TPSA) is 29.1 Å². The molecule has 0 aliphatic heterocycles. The fourth-order valence-electron chi connectivity index (χ4n) is 1.61. The van der Waals surface area contributed by atoms with Crippen LogP contribution in [0.5, 0.6) is 0 Å². The molecule has 0 aliphatic carbocycles. The predicted octanol–water partition coefficient (Wildman–Crippen LogP) is 4.35. The summed E-state index contributed by atoms with van der Waals surface area (Å²) in [6, 6.07) is 13.8. The minimum atomic E-state index is -0.339. The number of carbonyl (C=O) groups is 1. The van der Waals surface area contributed by atoms with Gasteiger partial charge in [0.1, 0.15) is 5.82 Å². The highest BCUT2D eigenvalue weighted by Crippen LogP contribution is 2.19. The smallest absolute Gasteiger partial charge is 0.234 e. The lowest BCUT2D eigenvalue weighted by atomic mass is 10.2. The molecule has 2 nitrogen and oxygen atoms in total. The lowest BCUT2D eigenvalue weighted by Gasteiger charge is -2.06. The molecule has 2 aromatic rings. The molecule has 2 rings (SSSR count). The van der Waals surface area contributed by atoms with Gasteiger partial charge in [-0.15, -0.1) is 11.8 Å². The third kappa shape index (κ3) is 4.54. The second-order valence-corrected chi connectivity index (χ2v) is 5.56. The predicted molar refractivity (Wildman–Crippen MR) is 82.6 cm³/mol. The van der Waals surface area contributed by atoms with Crippen LogP contribution in [-0.2, 0) is 10.5 Å². The molecular weight excluding hydrogens is 297 g/mol. The van der Waals surface area contributed by atoms with Crippen LogP contribution in [0.4, 0.5) is 10.1 Å². The van der Waals surface area contributed by atoms with Crippen LogP contribution >= 0.6 is 23.4 Å². The Hall–Kier alpha value is -1.52. The van der Waals surface area contributed by atoms with Gasteiger partial charge in [-0.2, -0.15) is 0 Å². The molecule has 0 unspecified atom stereocenters. The first-order chi connectivity index (χ1) is 9.65. The fraction of sp³-hybridized carbons (Fsp3) is 0.133. The number of halogens is 2. The molecule has 0 aromatic heterocycles. The Morgan fingerprint density at radius 2 is 1.95 bits per heavy atom. The second kappa shape index (κ2) is 7.31. The van der Waals surface area contributed by atoms with Gasteiger partial charge in [0.25, 0.3) is 0 Å². The highest BCUT2D eigenvalue weighted by Gasteiger charge is 2.06. The van der Waals surface area contributed by atoms with Gasteiger partial charge in [0.05, 0.1) is 5.75 Å². The van der Waals surface area contributed by atoms with Crippen molar-refractivity contribution in [1.29, 1.82) is 0 Å². The largest absolute Gasteiger partial charge is 0.325 e. The van der Waals surface area contributed by atoms with Crippen molar-refractivity contribution in [2.24, 2.45) is 0 Å². The number of amides is 1. The first kappa shape index (κ1) is 14.9. The molecule has 0 spiro atoms. The minimum absolute atomic E-state index is 0.101. The first-order valence-corrected chi connectivity index (χ1v) is 7.55. The minimum Gasteiger partial charge on any atom is -0.325 e. The van der Waals surface area contributed by atoms with Crippen LogP contribution in [0.1, 0.15) is 5.56 Å². The number of thioether (sulfide) groups is 1. The summed E-state index contributed by atoms with van der Waals surface area (Å²) in [4.78, 5) is 11.7. The lowest BCUT2D eigenvalue weighted by Crippen LogP contribution is -2.14. The summed E-state index contributed by atoms with van der Waals surface area (Å²) in [6.07, 6.45) is 0. The zero-order valence-electron chi connectivity index (χ0n) is 10.6. The number of benzene rings is 2. The van der Waals surface area contributed by atoms with E-state index in [1.54, 1.807) is 12.1 Å². The van der Waals surface area contributed by atoms with Crippen molar-refractivity contribution < 1.29 is 9.18 Å². The molecule has 2 aromatic carbocycles. The molecule has 0 fully saturated rings. The average Bonchev–Trinajstić information content (AvgIpc) is 2.42. The summed E-state index contributed by atoms with van der Waals surface area (Å²) in [6.45, 7) is 0. The van der Waals surface area contributed by atoms with Crippen molar-refractivity contribution in [3.05, 3.63) is 64.9 Å². The molecule has 0 heterocycles. The fourth-order valence-corrected chi connectivity index (χ4v) is 2.58. The Bertz CT molecular complexity index is 592. The molecule has 5 heteroatoms. The van der Waals surface area contributed by atoms with E-state index in [1.807, 2.05) is 30.3 Å². The van der Waals surface area contributed by atoms with Crippen LogP contribution in [0.25, 0.3) is 0 Å².